The molecule has 0 aromatic carbocycles. The van der Waals surface area contributed by atoms with Crippen molar-refractivity contribution < 1.29 is 8.78 Å². The number of alkyl halides is 2. The Balaban J connectivity index is 2.65. The van der Waals surface area contributed by atoms with Gasteiger partial charge >= 0.3 is 0 Å². The van der Waals surface area contributed by atoms with E-state index >= 15 is 0 Å². The fourth-order valence-electron chi connectivity index (χ4n) is 2.02. The van der Waals surface area contributed by atoms with Crippen molar-refractivity contribution in [2.75, 3.05) is 5.73 Å². The summed E-state index contributed by atoms with van der Waals surface area (Å²) >= 11 is 0. The Morgan fingerprint density at radius 1 is 1.35 bits per heavy atom. The molecule has 0 aliphatic rings. The van der Waals surface area contributed by atoms with E-state index in [0.29, 0.717) is 5.65 Å². The predicted octanol–water partition coefficient (Wildman–Crippen LogP) is 2.64. The molecule has 94 valence electrons. The Kier molecular flexibility index (Phi) is 2.99. The van der Waals surface area contributed by atoms with Crippen LogP contribution in [0, 0.1) is 0 Å². The van der Waals surface area contributed by atoms with Crippen LogP contribution in [-0.4, -0.2) is 20.0 Å². The maximum absolute atomic E-state index is 12.9. The molecule has 0 unspecified atom stereocenters. The Morgan fingerprint density at radius 3 is 2.53 bits per heavy atom. The van der Waals surface area contributed by atoms with Crippen molar-refractivity contribution >= 4 is 16.9 Å². The van der Waals surface area contributed by atoms with Gasteiger partial charge in [-0.15, -0.1) is 0 Å². The first-order chi connectivity index (χ1) is 8.10. The average molecular weight is 243 g/mol. The van der Waals surface area contributed by atoms with Crippen LogP contribution < -0.4 is 5.73 Å². The maximum Gasteiger partial charge on any atom is 0.282 e. The molecule has 0 saturated heterocycles. The highest BCUT2D eigenvalue weighted by Gasteiger charge is 2.25. The van der Waals surface area contributed by atoms with Gasteiger partial charge in [0.2, 0.25) is 0 Å². The molecule has 2 rings (SSSR count). The van der Waals surface area contributed by atoms with Gasteiger partial charge in [-0.25, -0.2) is 13.5 Å². The molecule has 0 aliphatic carbocycles. The first-order valence-electron chi connectivity index (χ1n) is 5.60. The maximum atomic E-state index is 12.9. The second kappa shape index (κ2) is 4.31. The molecule has 2 heterocycles. The molecule has 3 N–H and O–H groups in total. The van der Waals surface area contributed by atoms with Crippen LogP contribution in [-0.2, 0) is 0 Å². The summed E-state index contributed by atoms with van der Waals surface area (Å²) < 4.78 is 27.3. The van der Waals surface area contributed by atoms with Crippen molar-refractivity contribution in [3.63, 3.8) is 0 Å². The van der Waals surface area contributed by atoms with Gasteiger partial charge in [0, 0.05) is 0 Å². The van der Waals surface area contributed by atoms with E-state index in [9.17, 15) is 8.78 Å². The average Bonchev–Trinajstić information content (AvgIpc) is 2.83. The van der Waals surface area contributed by atoms with Crippen molar-refractivity contribution in [2.45, 2.75) is 39.2 Å². The third-order valence-corrected chi connectivity index (χ3v) is 2.96. The van der Waals surface area contributed by atoms with Gasteiger partial charge in [0.1, 0.15) is 11.5 Å². The molecular formula is C10H15F2N5. The van der Waals surface area contributed by atoms with Gasteiger partial charge in [0.05, 0.1) is 11.4 Å². The zero-order chi connectivity index (χ0) is 12.6. The molecule has 0 saturated carbocycles. The molecule has 17 heavy (non-hydrogen) atoms. The molecule has 0 amide bonds. The van der Waals surface area contributed by atoms with E-state index in [2.05, 4.69) is 15.3 Å². The fraction of sp³-hybridized carbons (Fsp3) is 0.600. The number of rotatable bonds is 4. The number of nitrogens with one attached hydrogen (secondary N) is 1. The number of fused-ring (bicyclic) bond motifs is 1. The first-order valence-corrected chi connectivity index (χ1v) is 5.60. The molecule has 7 heteroatoms. The third kappa shape index (κ3) is 1.75. The largest absolute Gasteiger partial charge is 0.383 e. The van der Waals surface area contributed by atoms with Crippen molar-refractivity contribution in [1.82, 2.24) is 20.0 Å². The van der Waals surface area contributed by atoms with Crippen molar-refractivity contribution in [3.8, 4) is 0 Å². The summed E-state index contributed by atoms with van der Waals surface area (Å²) in [7, 11) is 0. The minimum Gasteiger partial charge on any atom is -0.383 e. The number of aromatic nitrogens is 4. The smallest absolute Gasteiger partial charge is 0.282 e. The highest BCUT2D eigenvalue weighted by molar-refractivity contribution is 5.89. The molecule has 2 aromatic rings. The minimum absolute atomic E-state index is 0.0627. The van der Waals surface area contributed by atoms with E-state index < -0.39 is 6.43 Å². The van der Waals surface area contributed by atoms with Gasteiger partial charge in [0.25, 0.3) is 6.43 Å². The van der Waals surface area contributed by atoms with Crippen molar-refractivity contribution in [2.24, 2.45) is 0 Å². The van der Waals surface area contributed by atoms with Crippen LogP contribution >= 0.6 is 0 Å². The Labute approximate surface area is 97.0 Å². The number of halogens is 2. The lowest BCUT2D eigenvalue weighted by molar-refractivity contribution is 0.146. The lowest BCUT2D eigenvalue weighted by Gasteiger charge is -2.12. The number of nitrogens with zero attached hydrogens (tertiary/aromatic N) is 3. The number of nitrogen functional groups attached to an aromatic ring is 1. The summed E-state index contributed by atoms with van der Waals surface area (Å²) in [4.78, 5) is 0. The van der Waals surface area contributed by atoms with Crippen LogP contribution in [0.2, 0.25) is 0 Å². The van der Waals surface area contributed by atoms with Crippen LogP contribution in [0.15, 0.2) is 0 Å². The topological polar surface area (TPSA) is 72.5 Å². The highest BCUT2D eigenvalue weighted by Crippen LogP contribution is 2.32. The zero-order valence-electron chi connectivity index (χ0n) is 9.74. The number of aromatic amines is 1. The van der Waals surface area contributed by atoms with E-state index in [1.165, 1.54) is 0 Å². The predicted molar refractivity (Wildman–Crippen MR) is 60.9 cm³/mol. The van der Waals surface area contributed by atoms with E-state index in [0.717, 1.165) is 12.8 Å². The van der Waals surface area contributed by atoms with E-state index in [1.54, 1.807) is 4.68 Å². The summed E-state index contributed by atoms with van der Waals surface area (Å²) in [6.07, 6.45) is -1.03. The summed E-state index contributed by atoms with van der Waals surface area (Å²) in [6, 6.07) is 0.0627. The number of H-pyrrole nitrogens is 1. The standard InChI is InChI=1S/C10H15F2N5/c1-3-5(4-2)17-10-6(9(13)14-15-10)7(16-17)8(11)12/h5,8H,3-4H2,1-2H3,(H3,13,14,15). The summed E-state index contributed by atoms with van der Waals surface area (Å²) in [5, 5.41) is 10.7. The quantitative estimate of drug-likeness (QED) is 0.867. The molecule has 0 radical (unpaired) electrons. The van der Waals surface area contributed by atoms with Gasteiger partial charge in [-0.2, -0.15) is 10.2 Å². The number of nitrogens with two attached hydrogens (primary N) is 1. The van der Waals surface area contributed by atoms with Crippen LogP contribution in [0.25, 0.3) is 11.0 Å². The van der Waals surface area contributed by atoms with Crippen LogP contribution in [0.1, 0.15) is 44.9 Å². The summed E-state index contributed by atoms with van der Waals surface area (Å²) in [5.41, 5.74) is 5.72. The van der Waals surface area contributed by atoms with Gasteiger partial charge in [-0.05, 0) is 12.8 Å². The molecule has 0 bridgehead atoms. The van der Waals surface area contributed by atoms with Crippen LogP contribution in [0.4, 0.5) is 14.6 Å². The SMILES string of the molecule is CCC(CC)n1nc(C(F)F)c2c(N)[nH]nc21. The third-order valence-electron chi connectivity index (χ3n) is 2.96. The van der Waals surface area contributed by atoms with Crippen molar-refractivity contribution in [1.29, 1.82) is 0 Å². The second-order valence-electron chi connectivity index (χ2n) is 3.94. The molecule has 2 aromatic heterocycles. The highest BCUT2D eigenvalue weighted by atomic mass is 19.3. The monoisotopic (exact) mass is 243 g/mol. The van der Waals surface area contributed by atoms with Crippen molar-refractivity contribution in [3.05, 3.63) is 5.69 Å². The lowest BCUT2D eigenvalue weighted by atomic mass is 10.2. The molecule has 0 aliphatic heterocycles. The summed E-state index contributed by atoms with van der Waals surface area (Å²) in [6.45, 7) is 3.97. The first kappa shape index (κ1) is 11.8. The summed E-state index contributed by atoms with van der Waals surface area (Å²) in [5.74, 6) is 0.146. The Morgan fingerprint density at radius 2 is 2.00 bits per heavy atom. The van der Waals surface area contributed by atoms with E-state index in [-0.39, 0.29) is 22.9 Å². The molecule has 0 spiro atoms. The lowest BCUT2D eigenvalue weighted by Crippen LogP contribution is -2.09. The van der Waals surface area contributed by atoms with E-state index in [4.69, 9.17) is 5.73 Å². The molecule has 0 fully saturated rings. The van der Waals surface area contributed by atoms with Gasteiger partial charge < -0.3 is 5.73 Å². The minimum atomic E-state index is -2.65. The van der Waals surface area contributed by atoms with Gasteiger partial charge in [-0.3, -0.25) is 5.10 Å². The molecule has 0 atom stereocenters. The fourth-order valence-corrected chi connectivity index (χ4v) is 2.02. The Bertz CT molecular complexity index is 512. The second-order valence-corrected chi connectivity index (χ2v) is 3.94. The number of anilines is 1. The zero-order valence-corrected chi connectivity index (χ0v) is 9.74. The van der Waals surface area contributed by atoms with Crippen LogP contribution in [0.5, 0.6) is 0 Å². The normalized spacial score (nSPS) is 12.1. The molecular weight excluding hydrogens is 228 g/mol. The van der Waals surface area contributed by atoms with Gasteiger partial charge in [-0.1, -0.05) is 13.8 Å². The molecule has 5 nitrogen and oxygen atoms in total. The van der Waals surface area contributed by atoms with E-state index in [1.807, 2.05) is 13.8 Å². The Hall–Kier alpha value is -1.66. The van der Waals surface area contributed by atoms with Gasteiger partial charge in [0.15, 0.2) is 5.65 Å². The number of hydrogen-bond donors (Lipinski definition) is 2. The van der Waals surface area contributed by atoms with Crippen LogP contribution in [0.3, 0.4) is 0 Å². The number of hydrogen-bond acceptors (Lipinski definition) is 3.